The molecule has 18 heavy (non-hydrogen) atoms. The zero-order chi connectivity index (χ0) is 11.7. The van der Waals surface area contributed by atoms with Crippen molar-refractivity contribution in [2.45, 2.75) is 25.4 Å². The Balaban J connectivity index is 0.00000120. The topological polar surface area (TPSA) is 24.5 Å². The molecule has 0 amide bonds. The van der Waals surface area contributed by atoms with E-state index in [-0.39, 0.29) is 12.4 Å². The Kier molecular flexibility index (Phi) is 4.49. The molecular formula is C14H21ClN2O. The minimum atomic E-state index is 0. The molecule has 2 heterocycles. The summed E-state index contributed by atoms with van der Waals surface area (Å²) in [4.78, 5) is 2.42. The van der Waals surface area contributed by atoms with Gasteiger partial charge >= 0.3 is 0 Å². The number of ether oxygens (including phenoxy) is 1. The van der Waals surface area contributed by atoms with Gasteiger partial charge in [0.15, 0.2) is 0 Å². The average Bonchev–Trinajstić information content (AvgIpc) is 3.00. The molecule has 2 aliphatic rings. The lowest BCUT2D eigenvalue weighted by Crippen LogP contribution is -2.31. The van der Waals surface area contributed by atoms with Crippen LogP contribution >= 0.6 is 12.4 Å². The van der Waals surface area contributed by atoms with Crippen molar-refractivity contribution in [3.8, 4) is 0 Å². The number of rotatable bonds is 3. The van der Waals surface area contributed by atoms with E-state index in [0.29, 0.717) is 6.04 Å². The van der Waals surface area contributed by atoms with Gasteiger partial charge in [0.25, 0.3) is 0 Å². The first-order valence-electron chi connectivity index (χ1n) is 6.47. The van der Waals surface area contributed by atoms with E-state index >= 15 is 0 Å². The number of hydrogen-bond acceptors (Lipinski definition) is 3. The van der Waals surface area contributed by atoms with Gasteiger partial charge in [-0.05, 0) is 31.0 Å². The Labute approximate surface area is 115 Å². The summed E-state index contributed by atoms with van der Waals surface area (Å²) in [6.45, 7) is 3.91. The molecule has 1 aromatic carbocycles. The largest absolute Gasteiger partial charge is 0.384 e. The third-order valence-electron chi connectivity index (χ3n) is 3.88. The first-order chi connectivity index (χ1) is 8.34. The zero-order valence-electron chi connectivity index (χ0n) is 10.8. The van der Waals surface area contributed by atoms with Crippen molar-refractivity contribution in [2.24, 2.45) is 0 Å². The Morgan fingerprint density at radius 3 is 3.11 bits per heavy atom. The second kappa shape index (κ2) is 5.91. The summed E-state index contributed by atoms with van der Waals surface area (Å²) in [5.74, 6) is 0. The fourth-order valence-corrected chi connectivity index (χ4v) is 2.81. The Morgan fingerprint density at radius 1 is 1.44 bits per heavy atom. The number of halogens is 1. The van der Waals surface area contributed by atoms with Gasteiger partial charge in [-0.25, -0.2) is 0 Å². The molecule has 0 radical (unpaired) electrons. The highest BCUT2D eigenvalue weighted by Crippen LogP contribution is 2.28. The van der Waals surface area contributed by atoms with Crippen LogP contribution in [0.4, 0.5) is 5.69 Å². The minimum Gasteiger partial charge on any atom is -0.384 e. The summed E-state index contributed by atoms with van der Waals surface area (Å²) < 4.78 is 5.45. The van der Waals surface area contributed by atoms with Crippen LogP contribution in [0.3, 0.4) is 0 Å². The fourth-order valence-electron chi connectivity index (χ4n) is 2.81. The van der Waals surface area contributed by atoms with Gasteiger partial charge in [0.1, 0.15) is 0 Å². The van der Waals surface area contributed by atoms with E-state index in [0.717, 1.165) is 26.3 Å². The van der Waals surface area contributed by atoms with Gasteiger partial charge in [-0.2, -0.15) is 0 Å². The lowest BCUT2D eigenvalue weighted by Gasteiger charge is -2.24. The summed E-state index contributed by atoms with van der Waals surface area (Å²) >= 11 is 0. The first kappa shape index (κ1) is 13.7. The number of benzene rings is 1. The predicted molar refractivity (Wildman–Crippen MR) is 76.6 cm³/mol. The number of anilines is 1. The molecule has 4 heteroatoms. The number of fused-ring (bicyclic) bond motifs is 1. The number of hydrogen-bond donors (Lipinski definition) is 1. The van der Waals surface area contributed by atoms with Gasteiger partial charge in [-0.15, -0.1) is 12.4 Å². The molecule has 0 aliphatic carbocycles. The van der Waals surface area contributed by atoms with Crippen molar-refractivity contribution in [1.82, 2.24) is 4.90 Å². The molecule has 0 saturated carbocycles. The molecule has 1 saturated heterocycles. The van der Waals surface area contributed by atoms with E-state index in [1.54, 1.807) is 0 Å². The summed E-state index contributed by atoms with van der Waals surface area (Å²) in [5, 5.41) is 3.51. The Hall–Kier alpha value is -0.770. The Bertz CT molecular complexity index is 405. The average molecular weight is 269 g/mol. The molecule has 3 nitrogen and oxygen atoms in total. The van der Waals surface area contributed by atoms with Crippen LogP contribution in [-0.4, -0.2) is 37.7 Å². The predicted octanol–water partition coefficient (Wildman–Crippen LogP) is 2.30. The fraction of sp³-hybridized carbons (Fsp3) is 0.571. The molecule has 0 bridgehead atoms. The Morgan fingerprint density at radius 2 is 2.33 bits per heavy atom. The summed E-state index contributed by atoms with van der Waals surface area (Å²) in [5.41, 5.74) is 4.27. The third kappa shape index (κ3) is 2.63. The van der Waals surface area contributed by atoms with Gasteiger partial charge in [-0.3, -0.25) is 4.90 Å². The first-order valence-corrected chi connectivity index (χ1v) is 6.47. The van der Waals surface area contributed by atoms with Crippen LogP contribution in [0.1, 0.15) is 17.5 Å². The minimum absolute atomic E-state index is 0. The van der Waals surface area contributed by atoms with Crippen molar-refractivity contribution in [1.29, 1.82) is 0 Å². The molecule has 0 aromatic heterocycles. The van der Waals surface area contributed by atoms with Crippen molar-refractivity contribution >= 4 is 18.1 Å². The molecule has 1 aromatic rings. The van der Waals surface area contributed by atoms with E-state index < -0.39 is 0 Å². The maximum absolute atomic E-state index is 5.45. The van der Waals surface area contributed by atoms with Crippen LogP contribution in [0.25, 0.3) is 0 Å². The molecule has 1 atom stereocenters. The molecule has 1 N–H and O–H groups in total. The SMILES string of the molecule is CN(Cc1cccc2c1NCC2)C1CCOC1.Cl. The molecule has 2 aliphatic heterocycles. The molecule has 3 rings (SSSR count). The molecule has 1 unspecified atom stereocenters. The van der Waals surface area contributed by atoms with Gasteiger partial charge in [0.05, 0.1) is 6.61 Å². The van der Waals surface area contributed by atoms with Crippen LogP contribution < -0.4 is 5.32 Å². The second-order valence-electron chi connectivity index (χ2n) is 5.06. The van der Waals surface area contributed by atoms with E-state index in [1.165, 1.54) is 29.7 Å². The number of para-hydroxylation sites is 1. The monoisotopic (exact) mass is 268 g/mol. The van der Waals surface area contributed by atoms with Crippen molar-refractivity contribution < 1.29 is 4.74 Å². The van der Waals surface area contributed by atoms with E-state index in [1.807, 2.05) is 0 Å². The van der Waals surface area contributed by atoms with Crippen LogP contribution in [0.5, 0.6) is 0 Å². The van der Waals surface area contributed by atoms with E-state index in [4.69, 9.17) is 4.74 Å². The van der Waals surface area contributed by atoms with Crippen molar-refractivity contribution in [3.63, 3.8) is 0 Å². The van der Waals surface area contributed by atoms with Gasteiger partial charge < -0.3 is 10.1 Å². The lowest BCUT2D eigenvalue weighted by atomic mass is 10.1. The van der Waals surface area contributed by atoms with Crippen molar-refractivity contribution in [3.05, 3.63) is 29.3 Å². The zero-order valence-corrected chi connectivity index (χ0v) is 11.6. The molecular weight excluding hydrogens is 248 g/mol. The highest BCUT2D eigenvalue weighted by Gasteiger charge is 2.22. The summed E-state index contributed by atoms with van der Waals surface area (Å²) in [7, 11) is 2.20. The van der Waals surface area contributed by atoms with Crippen LogP contribution in [0.15, 0.2) is 18.2 Å². The van der Waals surface area contributed by atoms with E-state index in [9.17, 15) is 0 Å². The van der Waals surface area contributed by atoms with Crippen molar-refractivity contribution in [2.75, 3.05) is 32.1 Å². The number of likely N-dealkylation sites (N-methyl/N-ethyl adjacent to an activating group) is 1. The summed E-state index contributed by atoms with van der Waals surface area (Å²) in [6.07, 6.45) is 2.33. The maximum Gasteiger partial charge on any atom is 0.0622 e. The van der Waals surface area contributed by atoms with E-state index in [2.05, 4.69) is 35.5 Å². The van der Waals surface area contributed by atoms with Crippen LogP contribution in [0.2, 0.25) is 0 Å². The third-order valence-corrected chi connectivity index (χ3v) is 3.88. The van der Waals surface area contributed by atoms with Crippen LogP contribution in [-0.2, 0) is 17.7 Å². The molecule has 0 spiro atoms. The van der Waals surface area contributed by atoms with Gasteiger partial charge in [-0.1, -0.05) is 18.2 Å². The van der Waals surface area contributed by atoms with Crippen LogP contribution in [0, 0.1) is 0 Å². The molecule has 100 valence electrons. The number of nitrogens with zero attached hydrogens (tertiary/aromatic N) is 1. The second-order valence-corrected chi connectivity index (χ2v) is 5.06. The quantitative estimate of drug-likeness (QED) is 0.910. The maximum atomic E-state index is 5.45. The standard InChI is InChI=1S/C14H20N2O.ClH/c1-16(13-6-8-17-10-13)9-12-4-2-3-11-5-7-15-14(11)12;/h2-4,13,15H,5-10H2,1H3;1H. The number of nitrogens with one attached hydrogen (secondary N) is 1. The van der Waals surface area contributed by atoms with Gasteiger partial charge in [0.2, 0.25) is 0 Å². The molecule has 1 fully saturated rings. The normalized spacial score (nSPS) is 21.6. The summed E-state index contributed by atoms with van der Waals surface area (Å²) in [6, 6.07) is 7.24. The highest BCUT2D eigenvalue weighted by atomic mass is 35.5. The lowest BCUT2D eigenvalue weighted by molar-refractivity contribution is 0.156. The highest BCUT2D eigenvalue weighted by molar-refractivity contribution is 5.85. The smallest absolute Gasteiger partial charge is 0.0622 e. The van der Waals surface area contributed by atoms with Gasteiger partial charge in [0, 0.05) is 31.4 Å².